The van der Waals surface area contributed by atoms with Crippen LogP contribution in [0.1, 0.15) is 20.5 Å². The maximum Gasteiger partial charge on any atom is 0.343 e. The van der Waals surface area contributed by atoms with E-state index < -0.39 is 0 Å². The van der Waals surface area contributed by atoms with Crippen molar-refractivity contribution in [3.8, 4) is 11.5 Å². The molecule has 1 aliphatic rings. The predicted molar refractivity (Wildman–Crippen MR) is 92.1 cm³/mol. The van der Waals surface area contributed by atoms with Crippen LogP contribution < -0.4 is 9.47 Å². The third kappa shape index (κ3) is 3.42. The van der Waals surface area contributed by atoms with Gasteiger partial charge in [0.25, 0.3) is 0 Å². The molecule has 0 bridgehead atoms. The summed E-state index contributed by atoms with van der Waals surface area (Å²) in [6, 6.07) is 14.7. The zero-order valence-electron chi connectivity index (χ0n) is 12.2. The van der Waals surface area contributed by atoms with Crippen molar-refractivity contribution < 1.29 is 14.3 Å². The highest BCUT2D eigenvalue weighted by Crippen LogP contribution is 2.46. The molecule has 0 atom stereocenters. The molecule has 0 saturated carbocycles. The molecular weight excluding hydrogens is 316 g/mol. The summed E-state index contributed by atoms with van der Waals surface area (Å²) in [5.41, 5.74) is 1.72. The van der Waals surface area contributed by atoms with Gasteiger partial charge in [0, 0.05) is 11.5 Å². The largest absolute Gasteiger partial charge is 0.493 e. The molecule has 5 heteroatoms. The first kappa shape index (κ1) is 15.3. The lowest BCUT2D eigenvalue weighted by atomic mass is 10.2. The van der Waals surface area contributed by atoms with Gasteiger partial charge in [-0.3, -0.25) is 0 Å². The fourth-order valence-corrected chi connectivity index (χ4v) is 5.04. The van der Waals surface area contributed by atoms with E-state index in [1.54, 1.807) is 19.2 Å². The Kier molecular flexibility index (Phi) is 4.95. The third-order valence-electron chi connectivity index (χ3n) is 3.29. The monoisotopic (exact) mass is 332 g/mol. The molecule has 0 N–H and O–H groups in total. The summed E-state index contributed by atoms with van der Waals surface area (Å²) >= 11 is 3.86. The number of thioether (sulfide) groups is 2. The first-order chi connectivity index (χ1) is 10.8. The van der Waals surface area contributed by atoms with Crippen LogP contribution in [0.15, 0.2) is 48.5 Å². The highest BCUT2D eigenvalue weighted by Gasteiger charge is 2.20. The van der Waals surface area contributed by atoms with E-state index in [1.807, 2.05) is 59.9 Å². The van der Waals surface area contributed by atoms with Crippen LogP contribution in [0.5, 0.6) is 11.5 Å². The molecule has 2 aromatic carbocycles. The number of hydrogen-bond donors (Lipinski definition) is 0. The van der Waals surface area contributed by atoms with E-state index in [-0.39, 0.29) is 5.97 Å². The Morgan fingerprint density at radius 3 is 2.45 bits per heavy atom. The molecule has 3 nitrogen and oxygen atoms in total. The third-order valence-corrected chi connectivity index (χ3v) is 6.40. The van der Waals surface area contributed by atoms with Gasteiger partial charge >= 0.3 is 5.97 Å². The van der Waals surface area contributed by atoms with Crippen LogP contribution in [0.3, 0.4) is 0 Å². The van der Waals surface area contributed by atoms with Crippen LogP contribution in [-0.2, 0) is 0 Å². The quantitative estimate of drug-likeness (QED) is 0.613. The van der Waals surface area contributed by atoms with Crippen molar-refractivity contribution >= 4 is 29.5 Å². The smallest absolute Gasteiger partial charge is 0.343 e. The fraction of sp³-hybridized carbons (Fsp3) is 0.235. The van der Waals surface area contributed by atoms with Gasteiger partial charge in [-0.1, -0.05) is 24.3 Å². The topological polar surface area (TPSA) is 35.5 Å². The minimum absolute atomic E-state index is 0.378. The van der Waals surface area contributed by atoms with Gasteiger partial charge in [0.05, 0.1) is 17.3 Å². The Bertz CT molecular complexity index is 652. The molecule has 1 saturated heterocycles. The number of rotatable bonds is 4. The van der Waals surface area contributed by atoms with Crippen LogP contribution in [0, 0.1) is 0 Å². The normalized spacial score (nSPS) is 14.8. The lowest BCUT2D eigenvalue weighted by molar-refractivity contribution is 0.0729. The van der Waals surface area contributed by atoms with Gasteiger partial charge < -0.3 is 9.47 Å². The predicted octanol–water partition coefficient (Wildman–Crippen LogP) is 4.39. The Labute approximate surface area is 138 Å². The molecule has 0 spiro atoms. The molecule has 0 unspecified atom stereocenters. The zero-order valence-corrected chi connectivity index (χ0v) is 13.8. The summed E-state index contributed by atoms with van der Waals surface area (Å²) in [5.74, 6) is 3.00. The summed E-state index contributed by atoms with van der Waals surface area (Å²) in [7, 11) is 1.59. The van der Waals surface area contributed by atoms with E-state index in [9.17, 15) is 4.79 Å². The number of esters is 1. The Balaban J connectivity index is 1.80. The van der Waals surface area contributed by atoms with E-state index in [0.29, 0.717) is 21.6 Å². The molecule has 1 fully saturated rings. The first-order valence-electron chi connectivity index (χ1n) is 6.96. The standard InChI is InChI=1S/C17H16O3S2/c1-19-15-11-13(17-21-9-10-22-17)7-8-14(15)20-16(18)12-5-3-2-4-6-12/h2-8,11,17H,9-10H2,1H3. The lowest BCUT2D eigenvalue weighted by Crippen LogP contribution is -2.09. The van der Waals surface area contributed by atoms with Crippen LogP contribution in [0.25, 0.3) is 0 Å². The number of carbonyl (C=O) groups excluding carboxylic acids is 1. The van der Waals surface area contributed by atoms with Gasteiger partial charge in [0.15, 0.2) is 11.5 Å². The summed E-state index contributed by atoms with van der Waals surface area (Å²) < 4.78 is 11.3. The summed E-state index contributed by atoms with van der Waals surface area (Å²) in [6.07, 6.45) is 0. The number of carbonyl (C=O) groups is 1. The average Bonchev–Trinajstić information content (AvgIpc) is 3.10. The maximum absolute atomic E-state index is 12.1. The number of ether oxygens (including phenoxy) is 2. The molecule has 1 aliphatic heterocycles. The van der Waals surface area contributed by atoms with E-state index in [4.69, 9.17) is 9.47 Å². The SMILES string of the molecule is COc1cc(C2SCCS2)ccc1OC(=O)c1ccccc1. The Morgan fingerprint density at radius 1 is 1.05 bits per heavy atom. The van der Waals surface area contributed by atoms with E-state index in [0.717, 1.165) is 0 Å². The van der Waals surface area contributed by atoms with Crippen molar-refractivity contribution in [3.63, 3.8) is 0 Å². The molecule has 114 valence electrons. The number of hydrogen-bond acceptors (Lipinski definition) is 5. The summed E-state index contributed by atoms with van der Waals surface area (Å²) in [4.78, 5) is 12.1. The molecule has 2 aromatic rings. The molecule has 3 rings (SSSR count). The van der Waals surface area contributed by atoms with Crippen molar-refractivity contribution in [2.75, 3.05) is 18.6 Å². The van der Waals surface area contributed by atoms with Crippen molar-refractivity contribution in [1.29, 1.82) is 0 Å². The van der Waals surface area contributed by atoms with E-state index in [1.165, 1.54) is 17.1 Å². The minimum Gasteiger partial charge on any atom is -0.493 e. The molecule has 0 amide bonds. The van der Waals surface area contributed by atoms with Gasteiger partial charge in [-0.15, -0.1) is 23.5 Å². The maximum atomic E-state index is 12.1. The first-order valence-corrected chi connectivity index (χ1v) is 9.06. The Hall–Kier alpha value is -1.59. The Morgan fingerprint density at radius 2 is 1.77 bits per heavy atom. The number of benzene rings is 2. The van der Waals surface area contributed by atoms with Crippen molar-refractivity contribution in [2.45, 2.75) is 4.58 Å². The van der Waals surface area contributed by atoms with Crippen LogP contribution >= 0.6 is 23.5 Å². The summed E-state index contributed by atoms with van der Waals surface area (Å²) in [6.45, 7) is 0. The molecule has 0 aliphatic carbocycles. The van der Waals surface area contributed by atoms with Gasteiger partial charge in [-0.05, 0) is 29.8 Å². The average molecular weight is 332 g/mol. The highest BCUT2D eigenvalue weighted by molar-refractivity contribution is 8.19. The van der Waals surface area contributed by atoms with Crippen LogP contribution in [0.2, 0.25) is 0 Å². The van der Waals surface area contributed by atoms with Crippen molar-refractivity contribution in [2.24, 2.45) is 0 Å². The highest BCUT2D eigenvalue weighted by atomic mass is 32.2. The second kappa shape index (κ2) is 7.11. The molecule has 0 aromatic heterocycles. The second-order valence-electron chi connectivity index (χ2n) is 4.74. The summed E-state index contributed by atoms with van der Waals surface area (Å²) in [5, 5.41) is 0. The van der Waals surface area contributed by atoms with E-state index in [2.05, 4.69) is 0 Å². The van der Waals surface area contributed by atoms with Crippen LogP contribution in [0.4, 0.5) is 0 Å². The van der Waals surface area contributed by atoms with Gasteiger partial charge in [-0.25, -0.2) is 4.79 Å². The fourth-order valence-electron chi connectivity index (χ4n) is 2.20. The molecule has 1 heterocycles. The minimum atomic E-state index is -0.378. The van der Waals surface area contributed by atoms with Gasteiger partial charge in [0.2, 0.25) is 0 Å². The van der Waals surface area contributed by atoms with E-state index >= 15 is 0 Å². The molecular formula is C17H16O3S2. The van der Waals surface area contributed by atoms with Crippen LogP contribution in [-0.4, -0.2) is 24.6 Å². The van der Waals surface area contributed by atoms with Gasteiger partial charge in [-0.2, -0.15) is 0 Å². The van der Waals surface area contributed by atoms with Crippen molar-refractivity contribution in [1.82, 2.24) is 0 Å². The number of methoxy groups -OCH3 is 1. The lowest BCUT2D eigenvalue weighted by Gasteiger charge is -2.13. The van der Waals surface area contributed by atoms with Gasteiger partial charge in [0.1, 0.15) is 0 Å². The van der Waals surface area contributed by atoms with Crippen molar-refractivity contribution in [3.05, 3.63) is 59.7 Å². The zero-order chi connectivity index (χ0) is 15.4. The second-order valence-corrected chi connectivity index (χ2v) is 7.46. The molecule has 22 heavy (non-hydrogen) atoms. The molecule has 0 radical (unpaired) electrons.